The van der Waals surface area contributed by atoms with Crippen LogP contribution in [0, 0.1) is 17.8 Å². The smallest absolute Gasteiger partial charge is 0.309 e. The van der Waals surface area contributed by atoms with E-state index in [-0.39, 0.29) is 37.0 Å². The lowest BCUT2D eigenvalue weighted by Crippen LogP contribution is -2.42. The summed E-state index contributed by atoms with van der Waals surface area (Å²) in [6.07, 6.45) is 6.07. The van der Waals surface area contributed by atoms with Crippen molar-refractivity contribution in [2.45, 2.75) is 122 Å². The zero-order valence-electron chi connectivity index (χ0n) is 24.4. The Hall–Kier alpha value is -1.71. The van der Waals surface area contributed by atoms with Crippen molar-refractivity contribution in [3.05, 3.63) is 36.0 Å². The number of alkyl halides is 1. The third kappa shape index (κ3) is 12.1. The third-order valence-corrected chi connectivity index (χ3v) is 7.83. The molecule has 0 saturated carbocycles. The molecule has 1 aliphatic heterocycles. The molecule has 0 amide bonds. The van der Waals surface area contributed by atoms with Gasteiger partial charge >= 0.3 is 11.9 Å². The fourth-order valence-electron chi connectivity index (χ4n) is 4.62. The fourth-order valence-corrected chi connectivity index (χ4v) is 5.13. The van der Waals surface area contributed by atoms with Gasteiger partial charge in [0.15, 0.2) is 0 Å². The average molecular weight is 573 g/mol. The van der Waals surface area contributed by atoms with E-state index in [1.807, 2.05) is 45.9 Å². The molecule has 0 aromatic carbocycles. The number of carbonyl (C=O) groups is 2. The van der Waals surface area contributed by atoms with E-state index >= 15 is 0 Å². The van der Waals surface area contributed by atoms with Gasteiger partial charge in [-0.1, -0.05) is 52.0 Å². The van der Waals surface area contributed by atoms with E-state index in [1.54, 1.807) is 19.1 Å². The molecule has 9 heteroatoms. The van der Waals surface area contributed by atoms with Crippen molar-refractivity contribution >= 4 is 23.5 Å². The number of hydrogen-bond acceptors (Lipinski definition) is 8. The zero-order valence-corrected chi connectivity index (χ0v) is 25.2. The maximum Gasteiger partial charge on any atom is 0.309 e. The Kier molecular flexibility index (Phi) is 15.0. The molecule has 1 aliphatic rings. The highest BCUT2D eigenvalue weighted by Crippen LogP contribution is 2.27. The van der Waals surface area contributed by atoms with Crippen molar-refractivity contribution in [2.24, 2.45) is 17.8 Å². The number of allylic oxidation sites excluding steroid dienone is 3. The summed E-state index contributed by atoms with van der Waals surface area (Å²) < 4.78 is 11.1. The molecule has 0 aliphatic carbocycles. The number of halogens is 1. The van der Waals surface area contributed by atoms with Gasteiger partial charge in [-0.15, -0.1) is 11.6 Å². The van der Waals surface area contributed by atoms with E-state index in [9.17, 15) is 30.0 Å². The van der Waals surface area contributed by atoms with Crippen molar-refractivity contribution in [1.29, 1.82) is 0 Å². The molecule has 1 heterocycles. The standard InChI is InChI=1S/C30H49ClO8/c1-8-25(34)21(5)28(36)24(31)16-18(2)10-9-11-19(3)29-20(4)12-13-26(38-22(6)32)30(7,37)15-14-23(33)17-27(35)39-29/h9-13,18,20-21,23-26,28-29,33-34,36-37H,8,14-17H2,1-7H3/b10-9+,13-12+,19-11+. The molecule has 0 aromatic rings. The SMILES string of the molecule is CCC(O)C(C)C(O)C(Cl)CC(C)/C=C/C=C(\C)C1OC(=O)CC(O)CCC(C)(O)C(OC(C)=O)/C=C/C1C. The fraction of sp³-hybridized carbons (Fsp3) is 0.733. The molecule has 224 valence electrons. The minimum absolute atomic E-state index is 0.0372. The van der Waals surface area contributed by atoms with Gasteiger partial charge in [0.2, 0.25) is 0 Å². The van der Waals surface area contributed by atoms with Crippen molar-refractivity contribution in [3.8, 4) is 0 Å². The Morgan fingerprint density at radius 1 is 1.28 bits per heavy atom. The van der Waals surface area contributed by atoms with Crippen LogP contribution in [0.3, 0.4) is 0 Å². The molecular weight excluding hydrogens is 524 g/mol. The lowest BCUT2D eigenvalue weighted by Gasteiger charge is -2.32. The van der Waals surface area contributed by atoms with Crippen LogP contribution in [0.5, 0.6) is 0 Å². The summed E-state index contributed by atoms with van der Waals surface area (Å²) in [5.74, 6) is -1.70. The second kappa shape index (κ2) is 16.5. The lowest BCUT2D eigenvalue weighted by molar-refractivity contribution is -0.157. The predicted molar refractivity (Wildman–Crippen MR) is 152 cm³/mol. The summed E-state index contributed by atoms with van der Waals surface area (Å²) in [5.41, 5.74) is -0.667. The molecule has 0 radical (unpaired) electrons. The van der Waals surface area contributed by atoms with Crippen LogP contribution in [0.25, 0.3) is 0 Å². The Morgan fingerprint density at radius 2 is 1.92 bits per heavy atom. The minimum atomic E-state index is -1.43. The molecule has 39 heavy (non-hydrogen) atoms. The van der Waals surface area contributed by atoms with Crippen LogP contribution in [0.15, 0.2) is 36.0 Å². The summed E-state index contributed by atoms with van der Waals surface area (Å²) in [6.45, 7) is 12.1. The first-order valence-corrected chi connectivity index (χ1v) is 14.3. The van der Waals surface area contributed by atoms with Crippen LogP contribution in [-0.2, 0) is 19.1 Å². The second-order valence-corrected chi connectivity index (χ2v) is 11.8. The van der Waals surface area contributed by atoms with Crippen LogP contribution in [0.1, 0.15) is 80.6 Å². The largest absolute Gasteiger partial charge is 0.457 e. The molecule has 0 aromatic heterocycles. The quantitative estimate of drug-likeness (QED) is 0.132. The van der Waals surface area contributed by atoms with Crippen molar-refractivity contribution in [1.82, 2.24) is 0 Å². The first kappa shape index (κ1) is 35.3. The van der Waals surface area contributed by atoms with Crippen LogP contribution in [0.2, 0.25) is 0 Å². The Bertz CT molecular complexity index is 867. The highest BCUT2D eigenvalue weighted by molar-refractivity contribution is 6.21. The Balaban J connectivity index is 3.07. The molecule has 8 nitrogen and oxygen atoms in total. The van der Waals surface area contributed by atoms with E-state index in [2.05, 4.69) is 0 Å². The highest BCUT2D eigenvalue weighted by Gasteiger charge is 2.35. The molecule has 0 spiro atoms. The first-order chi connectivity index (χ1) is 18.1. The van der Waals surface area contributed by atoms with Crippen LogP contribution in [-0.4, -0.2) is 73.9 Å². The first-order valence-electron chi connectivity index (χ1n) is 13.9. The lowest BCUT2D eigenvalue weighted by atomic mass is 9.88. The molecule has 10 unspecified atom stereocenters. The summed E-state index contributed by atoms with van der Waals surface area (Å²) >= 11 is 6.44. The second-order valence-electron chi connectivity index (χ2n) is 11.3. The van der Waals surface area contributed by atoms with Gasteiger partial charge in [-0.2, -0.15) is 0 Å². The summed E-state index contributed by atoms with van der Waals surface area (Å²) in [4.78, 5) is 24.2. The topological polar surface area (TPSA) is 134 Å². The van der Waals surface area contributed by atoms with E-state index in [0.717, 1.165) is 5.57 Å². The number of aliphatic hydroxyl groups is 4. The number of esters is 2. The van der Waals surface area contributed by atoms with E-state index < -0.39 is 53.4 Å². The van der Waals surface area contributed by atoms with Gasteiger partial charge in [0.1, 0.15) is 17.8 Å². The number of aliphatic hydroxyl groups excluding tert-OH is 3. The van der Waals surface area contributed by atoms with Crippen molar-refractivity contribution < 1.29 is 39.5 Å². The van der Waals surface area contributed by atoms with Gasteiger partial charge in [-0.25, -0.2) is 0 Å². The predicted octanol–water partition coefficient (Wildman–Crippen LogP) is 4.22. The monoisotopic (exact) mass is 572 g/mol. The molecular formula is C30H49ClO8. The highest BCUT2D eigenvalue weighted by atomic mass is 35.5. The maximum atomic E-state index is 12.6. The van der Waals surface area contributed by atoms with Crippen molar-refractivity contribution in [2.75, 3.05) is 0 Å². The van der Waals surface area contributed by atoms with Crippen LogP contribution in [0.4, 0.5) is 0 Å². The van der Waals surface area contributed by atoms with Gasteiger partial charge in [-0.3, -0.25) is 9.59 Å². The Labute approximate surface area is 238 Å². The molecule has 0 saturated heterocycles. The van der Waals surface area contributed by atoms with E-state index in [4.69, 9.17) is 21.1 Å². The maximum absolute atomic E-state index is 12.6. The number of hydrogen-bond donors (Lipinski definition) is 4. The number of carbonyl (C=O) groups excluding carboxylic acids is 2. The van der Waals surface area contributed by atoms with Crippen LogP contribution >= 0.6 is 11.6 Å². The minimum Gasteiger partial charge on any atom is -0.457 e. The van der Waals surface area contributed by atoms with Gasteiger partial charge < -0.3 is 29.9 Å². The number of cyclic esters (lactones) is 1. The van der Waals surface area contributed by atoms with Gasteiger partial charge in [-0.05, 0) is 57.1 Å². The third-order valence-electron chi connectivity index (χ3n) is 7.40. The molecule has 1 rings (SSSR count). The summed E-state index contributed by atoms with van der Waals surface area (Å²) in [5, 5.41) is 41.2. The van der Waals surface area contributed by atoms with Gasteiger partial charge in [0.05, 0.1) is 30.1 Å². The number of ether oxygens (including phenoxy) is 2. The number of rotatable bonds is 10. The molecule has 0 bridgehead atoms. The van der Waals surface area contributed by atoms with Gasteiger partial charge in [0.25, 0.3) is 0 Å². The summed E-state index contributed by atoms with van der Waals surface area (Å²) in [7, 11) is 0. The molecule has 10 atom stereocenters. The molecule has 4 N–H and O–H groups in total. The van der Waals surface area contributed by atoms with Crippen molar-refractivity contribution in [3.63, 3.8) is 0 Å². The zero-order chi connectivity index (χ0) is 29.9. The Morgan fingerprint density at radius 3 is 2.51 bits per heavy atom. The van der Waals surface area contributed by atoms with Gasteiger partial charge in [0, 0.05) is 18.8 Å². The van der Waals surface area contributed by atoms with E-state index in [0.29, 0.717) is 12.8 Å². The molecule has 0 fully saturated rings. The van der Waals surface area contributed by atoms with Crippen LogP contribution < -0.4 is 0 Å². The normalized spacial score (nSPS) is 32.2. The van der Waals surface area contributed by atoms with E-state index in [1.165, 1.54) is 13.8 Å². The summed E-state index contributed by atoms with van der Waals surface area (Å²) in [6, 6.07) is 0. The average Bonchev–Trinajstić information content (AvgIpc) is 2.85.